The molecule has 0 unspecified atom stereocenters. The van der Waals surface area contributed by atoms with Gasteiger partial charge in [0, 0.05) is 30.6 Å². The third kappa shape index (κ3) is 4.44. The number of nitrogens with zero attached hydrogens (tertiary/aromatic N) is 2. The van der Waals surface area contributed by atoms with Crippen LogP contribution in [0.25, 0.3) is 11.3 Å². The van der Waals surface area contributed by atoms with Gasteiger partial charge in [-0.05, 0) is 48.7 Å². The number of anilines is 2. The number of fused-ring (bicyclic) bond motifs is 9. The Balaban J connectivity index is 1.71. The first kappa shape index (κ1) is 19.9. The minimum atomic E-state index is -1.20. The number of halogens is 2. The van der Waals surface area contributed by atoms with Crippen LogP contribution in [-0.2, 0) is 11.3 Å². The van der Waals surface area contributed by atoms with Crippen molar-refractivity contribution >= 4 is 17.5 Å². The van der Waals surface area contributed by atoms with Crippen LogP contribution in [0.5, 0.6) is 0 Å². The molecule has 0 saturated carbocycles. The average Bonchev–Trinajstić information content (AvgIpc) is 2.74. The van der Waals surface area contributed by atoms with Gasteiger partial charge in [-0.3, -0.25) is 4.79 Å². The fourth-order valence-electron chi connectivity index (χ4n) is 3.18. The number of benzene rings is 2. The van der Waals surface area contributed by atoms with Crippen molar-refractivity contribution < 1.29 is 18.3 Å². The van der Waals surface area contributed by atoms with Crippen LogP contribution in [0.4, 0.5) is 20.4 Å². The van der Waals surface area contributed by atoms with Gasteiger partial charge in [-0.2, -0.15) is 0 Å². The van der Waals surface area contributed by atoms with Crippen LogP contribution in [0.3, 0.4) is 0 Å². The van der Waals surface area contributed by atoms with Crippen molar-refractivity contribution in [3.63, 3.8) is 0 Å². The number of carbonyl (C=O) groups is 1. The molecule has 0 fully saturated rings. The summed E-state index contributed by atoms with van der Waals surface area (Å²) < 4.78 is 35.0. The van der Waals surface area contributed by atoms with Crippen molar-refractivity contribution in [2.45, 2.75) is 19.4 Å². The van der Waals surface area contributed by atoms with E-state index >= 15 is 0 Å². The number of ether oxygens (including phenoxy) is 1. The van der Waals surface area contributed by atoms with Crippen molar-refractivity contribution in [2.75, 3.05) is 18.5 Å². The highest BCUT2D eigenvalue weighted by molar-refractivity contribution is 5.95. The highest BCUT2D eigenvalue weighted by Crippen LogP contribution is 2.26. The third-order valence-electron chi connectivity index (χ3n) is 4.71. The van der Waals surface area contributed by atoms with Gasteiger partial charge in [0.05, 0.1) is 17.9 Å². The molecule has 6 nitrogen and oxygen atoms in total. The number of nitrogens with one attached hydrogen (secondary N) is 2. The Kier molecular flexibility index (Phi) is 5.94. The predicted molar refractivity (Wildman–Crippen MR) is 108 cm³/mol. The Morgan fingerprint density at radius 1 is 1.00 bits per heavy atom. The quantitative estimate of drug-likeness (QED) is 0.581. The molecule has 0 radical (unpaired) electrons. The fraction of sp³-hybridized carbons (Fsp3) is 0.227. The minimum absolute atomic E-state index is 0.0467. The first-order valence-corrected chi connectivity index (χ1v) is 9.65. The van der Waals surface area contributed by atoms with Crippen LogP contribution in [0, 0.1) is 11.6 Å². The number of hydrogen-bond donors (Lipinski definition) is 2. The smallest absolute Gasteiger partial charge is 0.254 e. The van der Waals surface area contributed by atoms with Crippen LogP contribution in [0.15, 0.2) is 48.7 Å². The highest BCUT2D eigenvalue weighted by Gasteiger charge is 2.20. The van der Waals surface area contributed by atoms with E-state index in [-0.39, 0.29) is 22.8 Å². The molecule has 2 aliphatic rings. The van der Waals surface area contributed by atoms with Crippen molar-refractivity contribution in [1.29, 1.82) is 0 Å². The normalized spacial score (nSPS) is 14.8. The first-order valence-electron chi connectivity index (χ1n) is 9.65. The summed E-state index contributed by atoms with van der Waals surface area (Å²) in [6, 6.07) is 11.7. The zero-order chi connectivity index (χ0) is 20.9. The summed E-state index contributed by atoms with van der Waals surface area (Å²) in [5.74, 6) is -2.74. The summed E-state index contributed by atoms with van der Waals surface area (Å²) >= 11 is 0. The predicted octanol–water partition coefficient (Wildman–Crippen LogP) is 4.21. The molecule has 0 saturated heterocycles. The SMILES string of the molecule is O=C1NCCCCOCc2cccc(c2)Nc2nccc(n2)-c2ccc1c(F)c2F. The molecule has 3 aromatic rings. The molecule has 2 aromatic carbocycles. The van der Waals surface area contributed by atoms with Crippen molar-refractivity contribution in [3.05, 3.63) is 71.4 Å². The Labute approximate surface area is 172 Å². The van der Waals surface area contributed by atoms with Crippen molar-refractivity contribution in [2.24, 2.45) is 0 Å². The summed E-state index contributed by atoms with van der Waals surface area (Å²) in [6.45, 7) is 1.32. The maximum absolute atomic E-state index is 14.7. The summed E-state index contributed by atoms with van der Waals surface area (Å²) in [5.41, 5.74) is 1.55. The van der Waals surface area contributed by atoms with Crippen molar-refractivity contribution in [3.8, 4) is 11.3 Å². The molecule has 0 aliphatic carbocycles. The van der Waals surface area contributed by atoms with E-state index < -0.39 is 17.5 Å². The average molecular weight is 410 g/mol. The zero-order valence-corrected chi connectivity index (χ0v) is 16.1. The van der Waals surface area contributed by atoms with Gasteiger partial charge in [-0.1, -0.05) is 12.1 Å². The maximum atomic E-state index is 14.7. The van der Waals surface area contributed by atoms with Crippen molar-refractivity contribution in [1.82, 2.24) is 15.3 Å². The van der Waals surface area contributed by atoms with Gasteiger partial charge in [-0.25, -0.2) is 18.7 Å². The largest absolute Gasteiger partial charge is 0.377 e. The number of carbonyl (C=O) groups excluding carboxylic acids is 1. The summed E-state index contributed by atoms with van der Waals surface area (Å²) in [7, 11) is 0. The topological polar surface area (TPSA) is 76.1 Å². The van der Waals surface area contributed by atoms with Gasteiger partial charge in [0.1, 0.15) is 0 Å². The fourth-order valence-corrected chi connectivity index (χ4v) is 3.18. The number of hydrogen-bond acceptors (Lipinski definition) is 5. The molecule has 1 aromatic heterocycles. The number of amides is 1. The van der Waals surface area contributed by atoms with E-state index in [0.29, 0.717) is 26.2 Å². The molecule has 5 rings (SSSR count). The second kappa shape index (κ2) is 8.96. The Morgan fingerprint density at radius 3 is 2.73 bits per heavy atom. The van der Waals surface area contributed by atoms with E-state index in [1.54, 1.807) is 0 Å². The van der Waals surface area contributed by atoms with E-state index in [9.17, 15) is 13.6 Å². The second-order valence-electron chi connectivity index (χ2n) is 6.90. The zero-order valence-electron chi connectivity index (χ0n) is 16.1. The molecule has 30 heavy (non-hydrogen) atoms. The molecule has 0 atom stereocenters. The molecule has 0 spiro atoms. The molecule has 1 amide bonds. The molecule has 154 valence electrons. The molecule has 2 N–H and O–H groups in total. The van der Waals surface area contributed by atoms with Gasteiger partial charge in [0.2, 0.25) is 5.95 Å². The van der Waals surface area contributed by atoms with E-state index in [4.69, 9.17) is 4.74 Å². The standard InChI is InChI=1S/C22H20F2N4O2/c23-19-16-6-7-17(20(19)24)21(29)25-9-1-2-11-30-13-14-4-3-5-15(12-14)27-22-26-10-8-18(16)28-22/h3-8,10,12H,1-2,9,11,13H2,(H,25,29)(H,26,27,28). The molecule has 6 bridgehead atoms. The van der Waals surface area contributed by atoms with Gasteiger partial charge >= 0.3 is 0 Å². The lowest BCUT2D eigenvalue weighted by atomic mass is 10.1. The van der Waals surface area contributed by atoms with Gasteiger partial charge in [0.25, 0.3) is 5.91 Å². The molecule has 8 heteroatoms. The Hall–Kier alpha value is -3.39. The van der Waals surface area contributed by atoms with E-state index in [1.165, 1.54) is 24.4 Å². The lowest BCUT2D eigenvalue weighted by molar-refractivity contribution is 0.0941. The summed E-state index contributed by atoms with van der Waals surface area (Å²) in [4.78, 5) is 20.7. The lowest BCUT2D eigenvalue weighted by Gasteiger charge is -2.10. The Morgan fingerprint density at radius 2 is 1.83 bits per heavy atom. The Bertz CT molecular complexity index is 1070. The molecular weight excluding hydrogens is 390 g/mol. The van der Waals surface area contributed by atoms with Crippen LogP contribution in [0.1, 0.15) is 28.8 Å². The number of rotatable bonds is 0. The monoisotopic (exact) mass is 410 g/mol. The van der Waals surface area contributed by atoms with Crippen LogP contribution in [0.2, 0.25) is 0 Å². The van der Waals surface area contributed by atoms with E-state index in [2.05, 4.69) is 20.6 Å². The second-order valence-corrected chi connectivity index (χ2v) is 6.90. The van der Waals surface area contributed by atoms with Gasteiger partial charge < -0.3 is 15.4 Å². The summed E-state index contributed by atoms with van der Waals surface area (Å²) in [5, 5.41) is 5.69. The van der Waals surface area contributed by atoms with E-state index in [1.807, 2.05) is 24.3 Å². The molecular formula is C22H20F2N4O2. The van der Waals surface area contributed by atoms with Gasteiger partial charge in [0.15, 0.2) is 11.6 Å². The summed E-state index contributed by atoms with van der Waals surface area (Å²) in [6.07, 6.45) is 2.85. The lowest BCUT2D eigenvalue weighted by Crippen LogP contribution is -2.26. The van der Waals surface area contributed by atoms with Crippen LogP contribution < -0.4 is 10.6 Å². The van der Waals surface area contributed by atoms with Crippen LogP contribution >= 0.6 is 0 Å². The van der Waals surface area contributed by atoms with Gasteiger partial charge in [-0.15, -0.1) is 0 Å². The minimum Gasteiger partial charge on any atom is -0.377 e. The van der Waals surface area contributed by atoms with E-state index in [0.717, 1.165) is 17.7 Å². The first-order chi connectivity index (χ1) is 14.6. The third-order valence-corrected chi connectivity index (χ3v) is 4.71. The maximum Gasteiger partial charge on any atom is 0.254 e. The number of aromatic nitrogens is 2. The van der Waals surface area contributed by atoms with Crippen LogP contribution in [-0.4, -0.2) is 29.0 Å². The molecule has 3 heterocycles. The highest BCUT2D eigenvalue weighted by atomic mass is 19.2. The molecule has 2 aliphatic heterocycles.